The van der Waals surface area contributed by atoms with Gasteiger partial charge < -0.3 is 10.4 Å². The van der Waals surface area contributed by atoms with Gasteiger partial charge in [-0.3, -0.25) is 9.89 Å². The Morgan fingerprint density at radius 1 is 1.14 bits per heavy atom. The number of nitrogens with one attached hydrogen (secondary N) is 2. The third kappa shape index (κ3) is 5.02. The standard InChI is InChI=1S/C24H22ClF3N4O3/c1-23(2,24(26,27)28)22-30-19(31-32-22)11-29-20(33)17-10-16(17)13-5-3-12(4-6-13)14-7-8-15(21(34)35)18(25)9-14/h3-9,16-17H,10-11H2,1-2H3,(H,29,33)(H,34,35)(H,30,31,32)/t16-,17+/m1/s1. The van der Waals surface area contributed by atoms with Crippen LogP contribution >= 0.6 is 11.6 Å². The maximum absolute atomic E-state index is 13.2. The van der Waals surface area contributed by atoms with Crippen molar-refractivity contribution in [3.8, 4) is 11.1 Å². The second kappa shape index (κ2) is 8.99. The van der Waals surface area contributed by atoms with Crippen LogP contribution in [0.5, 0.6) is 0 Å². The Morgan fingerprint density at radius 3 is 2.40 bits per heavy atom. The van der Waals surface area contributed by atoms with Crippen LogP contribution in [0.25, 0.3) is 11.1 Å². The molecular formula is C24H22ClF3N4O3. The monoisotopic (exact) mass is 506 g/mol. The summed E-state index contributed by atoms with van der Waals surface area (Å²) in [6, 6.07) is 12.3. The number of carboxylic acids is 1. The minimum absolute atomic E-state index is 0.0319. The molecule has 0 spiro atoms. The number of aromatic amines is 1. The summed E-state index contributed by atoms with van der Waals surface area (Å²) >= 11 is 6.05. The molecule has 3 aromatic rings. The number of carbonyl (C=O) groups is 2. The lowest BCUT2D eigenvalue weighted by Gasteiger charge is -2.24. The Balaban J connectivity index is 1.34. The van der Waals surface area contributed by atoms with E-state index in [0.29, 0.717) is 6.42 Å². The highest BCUT2D eigenvalue weighted by Crippen LogP contribution is 2.48. The average Bonchev–Trinajstić information content (AvgIpc) is 3.45. The van der Waals surface area contributed by atoms with Gasteiger partial charge in [-0.2, -0.15) is 18.3 Å². The van der Waals surface area contributed by atoms with Crippen molar-refractivity contribution in [2.45, 2.75) is 44.3 Å². The minimum Gasteiger partial charge on any atom is -0.478 e. The van der Waals surface area contributed by atoms with E-state index in [-0.39, 0.29) is 46.5 Å². The number of benzene rings is 2. The molecular weight excluding hydrogens is 485 g/mol. The van der Waals surface area contributed by atoms with Crippen molar-refractivity contribution in [3.63, 3.8) is 0 Å². The Morgan fingerprint density at radius 2 is 1.80 bits per heavy atom. The summed E-state index contributed by atoms with van der Waals surface area (Å²) in [5.41, 5.74) is 0.442. The van der Waals surface area contributed by atoms with Crippen LogP contribution in [0.4, 0.5) is 13.2 Å². The zero-order valence-electron chi connectivity index (χ0n) is 18.8. The fraction of sp³-hybridized carbons (Fsp3) is 0.333. The molecule has 0 bridgehead atoms. The van der Waals surface area contributed by atoms with Crippen LogP contribution in [0, 0.1) is 5.92 Å². The molecule has 0 radical (unpaired) electrons. The molecule has 0 unspecified atom stereocenters. The summed E-state index contributed by atoms with van der Waals surface area (Å²) in [5.74, 6) is -1.72. The molecule has 184 valence electrons. The van der Waals surface area contributed by atoms with Gasteiger partial charge in [-0.05, 0) is 55.0 Å². The predicted octanol–water partition coefficient (Wildman–Crippen LogP) is 5.08. The topological polar surface area (TPSA) is 108 Å². The molecule has 0 saturated heterocycles. The fourth-order valence-corrected chi connectivity index (χ4v) is 3.99. The molecule has 0 aliphatic heterocycles. The van der Waals surface area contributed by atoms with E-state index >= 15 is 0 Å². The van der Waals surface area contributed by atoms with E-state index < -0.39 is 17.6 Å². The number of amides is 1. The van der Waals surface area contributed by atoms with Gasteiger partial charge in [0.2, 0.25) is 5.91 Å². The highest BCUT2D eigenvalue weighted by Gasteiger charge is 2.51. The van der Waals surface area contributed by atoms with Crippen LogP contribution in [0.3, 0.4) is 0 Å². The van der Waals surface area contributed by atoms with E-state index in [1.54, 1.807) is 12.1 Å². The zero-order valence-corrected chi connectivity index (χ0v) is 19.5. The number of carbonyl (C=O) groups excluding carboxylic acids is 1. The van der Waals surface area contributed by atoms with Gasteiger partial charge in [0, 0.05) is 5.92 Å². The smallest absolute Gasteiger partial charge is 0.401 e. The number of carboxylic acid groups (broad SMARTS) is 1. The van der Waals surface area contributed by atoms with Crippen LogP contribution in [0.1, 0.15) is 53.8 Å². The number of halogens is 4. The third-order valence-electron chi connectivity index (χ3n) is 6.23. The highest BCUT2D eigenvalue weighted by atomic mass is 35.5. The van der Waals surface area contributed by atoms with Gasteiger partial charge in [-0.25, -0.2) is 9.78 Å². The summed E-state index contributed by atoms with van der Waals surface area (Å²) in [7, 11) is 0. The number of rotatable bonds is 7. The fourth-order valence-electron chi connectivity index (χ4n) is 3.73. The molecule has 1 amide bonds. The molecule has 11 heteroatoms. The average molecular weight is 507 g/mol. The van der Waals surface area contributed by atoms with Crippen molar-refractivity contribution >= 4 is 23.5 Å². The van der Waals surface area contributed by atoms with Gasteiger partial charge in [0.1, 0.15) is 11.2 Å². The van der Waals surface area contributed by atoms with Crippen molar-refractivity contribution in [2.24, 2.45) is 5.92 Å². The number of aromatic carboxylic acids is 1. The van der Waals surface area contributed by atoms with Gasteiger partial charge in [-0.1, -0.05) is 41.9 Å². The molecule has 1 heterocycles. The van der Waals surface area contributed by atoms with Crippen molar-refractivity contribution in [3.05, 3.63) is 70.3 Å². The second-order valence-corrected chi connectivity index (χ2v) is 9.42. The van der Waals surface area contributed by atoms with Crippen LogP contribution in [-0.4, -0.2) is 38.3 Å². The molecule has 1 aliphatic carbocycles. The van der Waals surface area contributed by atoms with Crippen LogP contribution < -0.4 is 5.32 Å². The largest absolute Gasteiger partial charge is 0.478 e. The number of H-pyrrole nitrogens is 1. The molecule has 35 heavy (non-hydrogen) atoms. The molecule has 4 rings (SSSR count). The van der Waals surface area contributed by atoms with Crippen LogP contribution in [0.2, 0.25) is 5.02 Å². The molecule has 1 fully saturated rings. The van der Waals surface area contributed by atoms with Crippen molar-refractivity contribution in [1.82, 2.24) is 20.5 Å². The Kier molecular flexibility index (Phi) is 6.35. The molecule has 7 nitrogen and oxygen atoms in total. The predicted molar refractivity (Wildman–Crippen MR) is 122 cm³/mol. The minimum atomic E-state index is -4.50. The van der Waals surface area contributed by atoms with Crippen LogP contribution in [-0.2, 0) is 16.8 Å². The first-order valence-electron chi connectivity index (χ1n) is 10.8. The van der Waals surface area contributed by atoms with Gasteiger partial charge >= 0.3 is 12.1 Å². The zero-order chi connectivity index (χ0) is 25.5. The first kappa shape index (κ1) is 24.7. The molecule has 2 atom stereocenters. The molecule has 2 aromatic carbocycles. The van der Waals surface area contributed by atoms with Crippen LogP contribution in [0.15, 0.2) is 42.5 Å². The number of aromatic nitrogens is 3. The Hall–Kier alpha value is -3.40. The molecule has 1 aliphatic rings. The van der Waals surface area contributed by atoms with E-state index in [2.05, 4.69) is 20.5 Å². The Labute approximate surface area is 203 Å². The third-order valence-corrected chi connectivity index (χ3v) is 6.54. The van der Waals surface area contributed by atoms with Gasteiger partial charge in [0.25, 0.3) is 0 Å². The lowest BCUT2D eigenvalue weighted by Crippen LogP contribution is -2.37. The second-order valence-electron chi connectivity index (χ2n) is 9.02. The van der Waals surface area contributed by atoms with E-state index in [1.165, 1.54) is 6.07 Å². The van der Waals surface area contributed by atoms with E-state index in [1.807, 2.05) is 24.3 Å². The quantitative estimate of drug-likeness (QED) is 0.414. The number of hydrogen-bond donors (Lipinski definition) is 3. The molecule has 1 saturated carbocycles. The normalized spacial score (nSPS) is 17.8. The highest BCUT2D eigenvalue weighted by molar-refractivity contribution is 6.33. The van der Waals surface area contributed by atoms with Gasteiger partial charge in [0.15, 0.2) is 5.82 Å². The summed E-state index contributed by atoms with van der Waals surface area (Å²) in [4.78, 5) is 27.5. The first-order valence-corrected chi connectivity index (χ1v) is 11.2. The van der Waals surface area contributed by atoms with E-state index in [9.17, 15) is 22.8 Å². The van der Waals surface area contributed by atoms with Crippen molar-refractivity contribution < 1.29 is 27.9 Å². The maximum atomic E-state index is 13.2. The van der Waals surface area contributed by atoms with Crippen molar-refractivity contribution in [2.75, 3.05) is 0 Å². The lowest BCUT2D eigenvalue weighted by atomic mass is 9.92. The molecule has 3 N–H and O–H groups in total. The van der Waals surface area contributed by atoms with Gasteiger partial charge in [-0.15, -0.1) is 0 Å². The first-order chi connectivity index (χ1) is 16.4. The van der Waals surface area contributed by atoms with Crippen molar-refractivity contribution in [1.29, 1.82) is 0 Å². The summed E-state index contributed by atoms with van der Waals surface area (Å²) < 4.78 is 39.5. The molecule has 1 aromatic heterocycles. The maximum Gasteiger partial charge on any atom is 0.401 e. The number of nitrogens with zero attached hydrogens (tertiary/aromatic N) is 2. The SMILES string of the molecule is CC(C)(c1n[nH]c(CNC(=O)[C@H]2C[C@@H]2c2ccc(-c3ccc(C(=O)O)c(Cl)c3)cc2)n1)C(F)(F)F. The summed E-state index contributed by atoms with van der Waals surface area (Å²) in [6.07, 6.45) is -3.84. The number of alkyl halides is 3. The van der Waals surface area contributed by atoms with Gasteiger partial charge in [0.05, 0.1) is 17.1 Å². The summed E-state index contributed by atoms with van der Waals surface area (Å²) in [6.45, 7) is 1.95. The van der Waals surface area contributed by atoms with E-state index in [4.69, 9.17) is 16.7 Å². The lowest BCUT2D eigenvalue weighted by molar-refractivity contribution is -0.182. The van der Waals surface area contributed by atoms with E-state index in [0.717, 1.165) is 30.5 Å². The Bertz CT molecular complexity index is 1270. The number of hydrogen-bond acceptors (Lipinski definition) is 4. The summed E-state index contributed by atoms with van der Waals surface area (Å²) in [5, 5.41) is 18.1.